The molecular formula is C32H16F32N2O4. The number of methoxy groups -OCH3 is 2. The van der Waals surface area contributed by atoms with Gasteiger partial charge in [-0.25, -0.2) is 17.6 Å². The smallest absolute Gasteiger partial charge is 0.393 e. The zero-order valence-corrected chi connectivity index (χ0v) is 32.3. The van der Waals surface area contributed by atoms with E-state index in [1.165, 1.54) is 0 Å². The van der Waals surface area contributed by atoms with Crippen LogP contribution in [0.3, 0.4) is 0 Å². The SMILES string of the molecule is COc1cc(-c2ccc(NC(=O)C(F)(F)C(F)(F)C(F)(F)C(F)(F)C(F)(F)C(F)(F)C(F)(F)C(F)F)c(OC)c2)ccc1NC(=O)C(F)(F)C(F)(F)C(F)(F)C(F)(F)C(F)(F)C(F)(F)C(F)(F)C(F)F. The number of amides is 2. The van der Waals surface area contributed by atoms with Crippen molar-refractivity contribution < 1.29 is 160 Å². The molecule has 0 aliphatic carbocycles. The lowest BCUT2D eigenvalue weighted by atomic mass is 9.89. The normalized spacial score (nSPS) is 15.1. The Morgan fingerprint density at radius 1 is 0.371 bits per heavy atom. The van der Waals surface area contributed by atoms with Crippen LogP contribution in [0, 0.1) is 0 Å². The van der Waals surface area contributed by atoms with Gasteiger partial charge in [-0.15, -0.1) is 0 Å². The molecule has 2 rings (SSSR count). The van der Waals surface area contributed by atoms with E-state index in [9.17, 15) is 150 Å². The molecule has 0 fully saturated rings. The zero-order chi connectivity index (χ0) is 55.8. The van der Waals surface area contributed by atoms with Gasteiger partial charge < -0.3 is 20.1 Å². The fourth-order valence-corrected chi connectivity index (χ4v) is 4.90. The second-order valence-corrected chi connectivity index (χ2v) is 13.5. The van der Waals surface area contributed by atoms with Crippen LogP contribution in [0.5, 0.6) is 11.5 Å². The molecule has 6 nitrogen and oxygen atoms in total. The molecule has 0 saturated carbocycles. The molecule has 0 atom stereocenters. The van der Waals surface area contributed by atoms with Crippen LogP contribution < -0.4 is 20.1 Å². The lowest BCUT2D eigenvalue weighted by Crippen LogP contribution is -2.74. The molecule has 0 aromatic heterocycles. The van der Waals surface area contributed by atoms with Crippen molar-refractivity contribution in [3.8, 4) is 22.6 Å². The molecule has 0 bridgehead atoms. The molecule has 0 aliphatic heterocycles. The first kappa shape index (κ1) is 60.9. The van der Waals surface area contributed by atoms with Gasteiger partial charge in [0, 0.05) is 0 Å². The predicted octanol–water partition coefficient (Wildman–Crippen LogP) is 12.7. The number of nitrogens with one attached hydrogen (secondary N) is 2. The first-order chi connectivity index (χ1) is 30.7. The Morgan fingerprint density at radius 2 is 0.586 bits per heavy atom. The average molecular weight is 1100 g/mol. The first-order valence-corrected chi connectivity index (χ1v) is 16.6. The van der Waals surface area contributed by atoms with Crippen LogP contribution >= 0.6 is 0 Å². The van der Waals surface area contributed by atoms with Crippen molar-refractivity contribution in [1.29, 1.82) is 0 Å². The molecule has 2 aromatic rings. The minimum absolute atomic E-state index is 0.142. The van der Waals surface area contributed by atoms with Crippen LogP contribution in [-0.2, 0) is 9.59 Å². The number of benzene rings is 2. The van der Waals surface area contributed by atoms with Crippen LogP contribution in [0.1, 0.15) is 0 Å². The van der Waals surface area contributed by atoms with Crippen molar-refractivity contribution in [1.82, 2.24) is 0 Å². The number of carbonyl (C=O) groups is 2. The highest BCUT2D eigenvalue weighted by Gasteiger charge is 2.96. The van der Waals surface area contributed by atoms with Crippen LogP contribution in [0.15, 0.2) is 36.4 Å². The van der Waals surface area contributed by atoms with Gasteiger partial charge in [-0.3, -0.25) is 9.59 Å². The summed E-state index contributed by atoms with van der Waals surface area (Å²) in [6.45, 7) is 0. The summed E-state index contributed by atoms with van der Waals surface area (Å²) < 4.78 is 448. The quantitative estimate of drug-likeness (QED) is 0.122. The predicted molar refractivity (Wildman–Crippen MR) is 164 cm³/mol. The monoisotopic (exact) mass is 1100 g/mol. The van der Waals surface area contributed by atoms with Gasteiger partial charge in [0.1, 0.15) is 11.5 Å². The third-order valence-electron chi connectivity index (χ3n) is 9.13. The molecule has 2 N–H and O–H groups in total. The molecule has 0 spiro atoms. The Kier molecular flexibility index (Phi) is 15.5. The average Bonchev–Trinajstić information content (AvgIpc) is 3.22. The Hall–Kier alpha value is -5.26. The Morgan fingerprint density at radius 3 is 0.800 bits per heavy atom. The fraction of sp³-hybridized carbons (Fsp3) is 0.562. The minimum Gasteiger partial charge on any atom is -0.495 e. The van der Waals surface area contributed by atoms with E-state index < -0.39 is 142 Å². The lowest BCUT2D eigenvalue weighted by Gasteiger charge is -2.42. The van der Waals surface area contributed by atoms with Gasteiger partial charge in [0.15, 0.2) is 0 Å². The van der Waals surface area contributed by atoms with Gasteiger partial charge in [-0.05, 0) is 35.4 Å². The van der Waals surface area contributed by atoms with Crippen molar-refractivity contribution in [3.05, 3.63) is 36.4 Å². The van der Waals surface area contributed by atoms with Crippen molar-refractivity contribution in [3.63, 3.8) is 0 Å². The summed E-state index contributed by atoms with van der Waals surface area (Å²) in [5.74, 6) is -128. The Labute approximate surface area is 363 Å². The van der Waals surface area contributed by atoms with E-state index in [2.05, 4.69) is 9.47 Å². The fourth-order valence-electron chi connectivity index (χ4n) is 4.90. The minimum atomic E-state index is -8.87. The Bertz CT molecular complexity index is 2100. The first-order valence-electron chi connectivity index (χ1n) is 16.6. The number of alkyl halides is 32. The number of hydrogen-bond acceptors (Lipinski definition) is 4. The standard InChI is InChI=1S/C32H16F32N2O4/c1-69-13-7-9(3-5-11(13)65-17(67)21(41,42)25(49,50)29(57,58)31(61,62)27(53,54)23(45,46)19(37,38)15(33)34)10-4-6-12(14(8-10)70-2)66-18(68)22(43,44)26(51,52)30(59,60)32(63,64)28(55,56)24(47,48)20(39,40)16(35)36/h3-8,15-16H,1-2H3,(H,65,67)(H,66,68). The van der Waals surface area contributed by atoms with Crippen molar-refractivity contribution in [2.45, 2.75) is 95.8 Å². The van der Waals surface area contributed by atoms with Crippen LogP contribution in [0.4, 0.5) is 152 Å². The summed E-state index contributed by atoms with van der Waals surface area (Å²) in [5.41, 5.74) is -4.26. The molecular weight excluding hydrogens is 1080 g/mol. The summed E-state index contributed by atoms with van der Waals surface area (Å²) >= 11 is 0. The molecule has 0 radical (unpaired) electrons. The number of ether oxygens (including phenoxy) is 2. The van der Waals surface area contributed by atoms with E-state index >= 15 is 0 Å². The summed E-state index contributed by atoms with van der Waals surface area (Å²) in [4.78, 5) is 24.2. The van der Waals surface area contributed by atoms with E-state index in [1.54, 1.807) is 0 Å². The summed E-state index contributed by atoms with van der Waals surface area (Å²) in [6, 6.07) is 1.82. The van der Waals surface area contributed by atoms with Gasteiger partial charge in [0.05, 0.1) is 25.6 Å². The molecule has 70 heavy (non-hydrogen) atoms. The molecule has 0 aliphatic rings. The van der Waals surface area contributed by atoms with E-state index in [-0.39, 0.29) is 12.1 Å². The van der Waals surface area contributed by atoms with Crippen molar-refractivity contribution in [2.24, 2.45) is 0 Å². The van der Waals surface area contributed by atoms with Gasteiger partial charge >= 0.3 is 108 Å². The highest BCUT2D eigenvalue weighted by atomic mass is 19.4. The number of carbonyl (C=O) groups excluding carboxylic acids is 2. The zero-order valence-electron chi connectivity index (χ0n) is 32.3. The maximum atomic E-state index is 14.5. The number of rotatable bonds is 21. The van der Waals surface area contributed by atoms with Gasteiger partial charge in [-0.1, -0.05) is 12.1 Å². The highest BCUT2D eigenvalue weighted by Crippen LogP contribution is 2.65. The molecule has 38 heteroatoms. The van der Waals surface area contributed by atoms with Crippen LogP contribution in [0.2, 0.25) is 0 Å². The van der Waals surface area contributed by atoms with Gasteiger partial charge in [0.25, 0.3) is 0 Å². The topological polar surface area (TPSA) is 76.7 Å². The van der Waals surface area contributed by atoms with E-state index in [0.29, 0.717) is 49.1 Å². The van der Waals surface area contributed by atoms with Gasteiger partial charge in [0.2, 0.25) is 0 Å². The van der Waals surface area contributed by atoms with E-state index in [4.69, 9.17) is 0 Å². The number of hydrogen-bond donors (Lipinski definition) is 2. The Balaban J connectivity index is 2.55. The third-order valence-corrected chi connectivity index (χ3v) is 9.13. The van der Waals surface area contributed by atoms with E-state index in [1.807, 2.05) is 0 Å². The summed E-state index contributed by atoms with van der Waals surface area (Å²) in [7, 11) is 0.876. The summed E-state index contributed by atoms with van der Waals surface area (Å²) in [5, 5.41) is 1.14. The lowest BCUT2D eigenvalue weighted by molar-refractivity contribution is -0.443. The van der Waals surface area contributed by atoms with Crippen LogP contribution in [-0.4, -0.2) is 122 Å². The van der Waals surface area contributed by atoms with E-state index in [0.717, 1.165) is 0 Å². The van der Waals surface area contributed by atoms with Crippen LogP contribution in [0.25, 0.3) is 11.1 Å². The molecule has 402 valence electrons. The second kappa shape index (κ2) is 17.8. The largest absolute Gasteiger partial charge is 0.495 e. The third kappa shape index (κ3) is 8.40. The maximum absolute atomic E-state index is 14.5. The molecule has 0 unspecified atom stereocenters. The second-order valence-electron chi connectivity index (χ2n) is 13.5. The maximum Gasteiger partial charge on any atom is 0.393 e. The highest BCUT2D eigenvalue weighted by molar-refractivity contribution is 5.99. The van der Waals surface area contributed by atoms with Crippen molar-refractivity contribution >= 4 is 23.2 Å². The van der Waals surface area contributed by atoms with Crippen molar-refractivity contribution in [2.75, 3.05) is 24.9 Å². The molecule has 0 saturated heterocycles. The molecule has 0 heterocycles. The summed E-state index contributed by atoms with van der Waals surface area (Å²) in [6.07, 6.45) is -12.3. The van der Waals surface area contributed by atoms with Gasteiger partial charge in [-0.2, -0.15) is 123 Å². The molecule has 2 amide bonds. The molecule has 2 aromatic carbocycles. The number of halogens is 32. The number of anilines is 2.